The van der Waals surface area contributed by atoms with Crippen LogP contribution in [0.4, 0.5) is 4.39 Å². The predicted octanol–water partition coefficient (Wildman–Crippen LogP) is 5.58. The zero-order valence-electron chi connectivity index (χ0n) is 24.7. The Hall–Kier alpha value is -3.52. The van der Waals surface area contributed by atoms with Gasteiger partial charge >= 0.3 is 0 Å². The Morgan fingerprint density at radius 3 is 2.57 bits per heavy atom. The summed E-state index contributed by atoms with van der Waals surface area (Å²) in [5.74, 6) is 0.150. The highest BCUT2D eigenvalue weighted by Gasteiger charge is 2.49. The van der Waals surface area contributed by atoms with Gasteiger partial charge in [-0.2, -0.15) is 0 Å². The van der Waals surface area contributed by atoms with Crippen molar-refractivity contribution in [1.29, 1.82) is 0 Å². The van der Waals surface area contributed by atoms with Crippen LogP contribution in [0, 0.1) is 11.7 Å². The third-order valence-corrected chi connectivity index (χ3v) is 10.6. The van der Waals surface area contributed by atoms with Gasteiger partial charge in [-0.25, -0.2) is 4.39 Å². The molecule has 6 heterocycles. The average molecular weight is 570 g/mol. The fraction of sp³-hybridized carbons (Fsp3) is 0.500. The van der Waals surface area contributed by atoms with E-state index in [1.165, 1.54) is 23.3 Å². The quantitative estimate of drug-likeness (QED) is 0.408. The van der Waals surface area contributed by atoms with Crippen LogP contribution >= 0.6 is 0 Å². The van der Waals surface area contributed by atoms with Gasteiger partial charge in [-0.3, -0.25) is 14.6 Å². The number of nitrogens with one attached hydrogen (secondary N) is 1. The Labute approximate surface area is 246 Å². The zero-order valence-corrected chi connectivity index (χ0v) is 24.7. The molecule has 5 aliphatic rings. The van der Waals surface area contributed by atoms with Crippen molar-refractivity contribution in [3.63, 3.8) is 0 Å². The summed E-state index contributed by atoms with van der Waals surface area (Å²) in [6.07, 6.45) is 12.9. The molecule has 42 heavy (non-hydrogen) atoms. The highest BCUT2D eigenvalue weighted by Crippen LogP contribution is 2.47. The van der Waals surface area contributed by atoms with Crippen LogP contribution in [0.1, 0.15) is 80.6 Å². The second-order valence-electron chi connectivity index (χ2n) is 13.2. The van der Waals surface area contributed by atoms with Gasteiger partial charge < -0.3 is 19.7 Å². The summed E-state index contributed by atoms with van der Waals surface area (Å²) in [5.41, 5.74) is 4.32. The number of aromatic nitrogens is 2. The number of hydrogen-bond acceptors (Lipinski definition) is 4. The van der Waals surface area contributed by atoms with E-state index in [0.717, 1.165) is 55.8 Å². The molecule has 4 saturated heterocycles. The minimum Gasteiger partial charge on any atom is -0.339 e. The van der Waals surface area contributed by atoms with Gasteiger partial charge in [0.05, 0.1) is 29.0 Å². The molecule has 0 spiro atoms. The zero-order chi connectivity index (χ0) is 29.3. The molecule has 4 bridgehead atoms. The standard InChI is InChI=1S/C34H40FN5O2/c1-19(2)38(4)33(41)28-16-22(35)5-10-30(28)39-18-29(27-11-12-36-17-31(27)39)21-14-24-7-8-25(15-21)40(24)34(42)32-26-9-6-23(37-32)13-20(26)3/h5,10-12,16-19,21,23-26,32,37H,3,6-9,13-15H2,1-2,4H3/t21?,23-,24?,25?,26+,32-/m0/s1. The molecule has 4 aliphatic heterocycles. The first-order chi connectivity index (χ1) is 20.2. The van der Waals surface area contributed by atoms with Crippen LogP contribution < -0.4 is 5.32 Å². The maximum absolute atomic E-state index is 14.5. The Kier molecular flexibility index (Phi) is 6.72. The molecular weight excluding hydrogens is 529 g/mol. The molecule has 5 fully saturated rings. The van der Waals surface area contributed by atoms with E-state index in [4.69, 9.17) is 0 Å². The van der Waals surface area contributed by atoms with Gasteiger partial charge in [-0.15, -0.1) is 0 Å². The number of rotatable bonds is 5. The van der Waals surface area contributed by atoms with Crippen LogP contribution in [0.2, 0.25) is 0 Å². The van der Waals surface area contributed by atoms with Gasteiger partial charge in [0.25, 0.3) is 5.91 Å². The van der Waals surface area contributed by atoms with Gasteiger partial charge in [-0.1, -0.05) is 12.2 Å². The number of hydrogen-bond donors (Lipinski definition) is 1. The smallest absolute Gasteiger partial charge is 0.256 e. The molecule has 2 amide bonds. The fourth-order valence-corrected chi connectivity index (χ4v) is 8.20. The van der Waals surface area contributed by atoms with Crippen LogP contribution in [0.25, 0.3) is 16.6 Å². The summed E-state index contributed by atoms with van der Waals surface area (Å²) in [6, 6.07) is 7.16. The SMILES string of the molecule is C=C1C[C@@H]2CC[C@H]1[C@@H](C(=O)N1C3CCC1CC(c1cn(-c4ccc(F)cc4C(=O)N(C)C(C)C)c4cnccc14)C3)N2. The summed E-state index contributed by atoms with van der Waals surface area (Å²) < 4.78 is 16.5. The van der Waals surface area contributed by atoms with Gasteiger partial charge in [-0.05, 0) is 94.5 Å². The van der Waals surface area contributed by atoms with Gasteiger partial charge in [0, 0.05) is 54.9 Å². The molecule has 8 heteroatoms. The third-order valence-electron chi connectivity index (χ3n) is 10.6. The van der Waals surface area contributed by atoms with E-state index < -0.39 is 5.82 Å². The van der Waals surface area contributed by atoms with Crippen LogP contribution in [0.5, 0.6) is 0 Å². The number of fused-ring (bicyclic) bond motifs is 6. The summed E-state index contributed by atoms with van der Waals surface area (Å²) in [5, 5.41) is 4.75. The molecule has 5 atom stereocenters. The maximum atomic E-state index is 14.5. The van der Waals surface area contributed by atoms with Crippen molar-refractivity contribution in [2.24, 2.45) is 5.92 Å². The van der Waals surface area contributed by atoms with Gasteiger partial charge in [0.2, 0.25) is 5.91 Å². The predicted molar refractivity (Wildman–Crippen MR) is 161 cm³/mol. The molecule has 1 aromatic carbocycles. The number of benzene rings is 1. The lowest BCUT2D eigenvalue weighted by atomic mass is 9.72. The van der Waals surface area contributed by atoms with Crippen molar-refractivity contribution < 1.29 is 14.0 Å². The molecule has 8 rings (SSSR count). The molecule has 1 N–H and O–H groups in total. The number of carbonyl (C=O) groups excluding carboxylic acids is 2. The van der Waals surface area contributed by atoms with Crippen molar-refractivity contribution in [2.75, 3.05) is 7.05 Å². The third kappa shape index (κ3) is 4.37. The van der Waals surface area contributed by atoms with E-state index in [9.17, 15) is 14.0 Å². The first kappa shape index (κ1) is 27.3. The Morgan fingerprint density at radius 1 is 1.12 bits per heavy atom. The largest absolute Gasteiger partial charge is 0.339 e. The summed E-state index contributed by atoms with van der Waals surface area (Å²) in [6.45, 7) is 8.20. The van der Waals surface area contributed by atoms with Crippen molar-refractivity contribution in [1.82, 2.24) is 24.7 Å². The maximum Gasteiger partial charge on any atom is 0.256 e. The number of amides is 2. The lowest BCUT2D eigenvalue weighted by Crippen LogP contribution is -2.62. The second-order valence-corrected chi connectivity index (χ2v) is 13.2. The molecule has 1 saturated carbocycles. The molecule has 0 radical (unpaired) electrons. The van der Waals surface area contributed by atoms with Crippen molar-refractivity contribution >= 4 is 22.7 Å². The minimum atomic E-state index is -0.438. The van der Waals surface area contributed by atoms with Crippen LogP contribution in [-0.4, -0.2) is 68.4 Å². The first-order valence-electron chi connectivity index (χ1n) is 15.5. The Bertz CT molecular complexity index is 1570. The topological polar surface area (TPSA) is 70.5 Å². The highest BCUT2D eigenvalue weighted by atomic mass is 19.1. The first-order valence-corrected chi connectivity index (χ1v) is 15.5. The number of halogens is 1. The van der Waals surface area contributed by atoms with Crippen LogP contribution in [0.15, 0.2) is 55.0 Å². The highest BCUT2D eigenvalue weighted by molar-refractivity contribution is 5.99. The molecule has 3 aromatic rings. The van der Waals surface area contributed by atoms with Gasteiger partial charge in [0.1, 0.15) is 5.82 Å². The average Bonchev–Trinajstić information content (AvgIpc) is 3.50. The molecule has 2 aromatic heterocycles. The lowest BCUT2D eigenvalue weighted by molar-refractivity contribution is -0.140. The molecular formula is C34H40FN5O2. The van der Waals surface area contributed by atoms with Crippen LogP contribution in [0.3, 0.4) is 0 Å². The Morgan fingerprint density at radius 2 is 1.88 bits per heavy atom. The van der Waals surface area contributed by atoms with Crippen LogP contribution in [-0.2, 0) is 4.79 Å². The number of carbonyl (C=O) groups is 2. The number of pyridine rings is 1. The molecule has 220 valence electrons. The summed E-state index contributed by atoms with van der Waals surface area (Å²) in [4.78, 5) is 35.7. The molecule has 2 unspecified atom stereocenters. The van der Waals surface area contributed by atoms with Crippen molar-refractivity contribution in [2.45, 2.75) is 94.9 Å². The fourth-order valence-electron chi connectivity index (χ4n) is 8.20. The van der Waals surface area contributed by atoms with Gasteiger partial charge in [0.15, 0.2) is 0 Å². The molecule has 1 aliphatic carbocycles. The van der Waals surface area contributed by atoms with Crippen molar-refractivity contribution in [3.8, 4) is 5.69 Å². The normalized spacial score (nSPS) is 28.6. The lowest BCUT2D eigenvalue weighted by Gasteiger charge is -2.48. The van der Waals surface area contributed by atoms with E-state index in [2.05, 4.69) is 28.0 Å². The van der Waals surface area contributed by atoms with E-state index in [1.54, 1.807) is 18.0 Å². The monoisotopic (exact) mass is 569 g/mol. The van der Waals surface area contributed by atoms with Crippen molar-refractivity contribution in [3.05, 3.63) is 72.0 Å². The number of piperidine rings is 3. The Balaban J connectivity index is 1.21. The minimum absolute atomic E-state index is 0.0207. The van der Waals surface area contributed by atoms with E-state index in [0.29, 0.717) is 17.3 Å². The second kappa shape index (κ2) is 10.3. The molecule has 7 nitrogen and oxygen atoms in total. The van der Waals surface area contributed by atoms with E-state index in [1.807, 2.05) is 36.9 Å². The van der Waals surface area contributed by atoms with E-state index >= 15 is 0 Å². The number of nitrogens with zero attached hydrogens (tertiary/aromatic N) is 4. The summed E-state index contributed by atoms with van der Waals surface area (Å²) in [7, 11) is 1.75. The van der Waals surface area contributed by atoms with E-state index in [-0.39, 0.29) is 47.8 Å². The summed E-state index contributed by atoms with van der Waals surface area (Å²) >= 11 is 0.